The van der Waals surface area contributed by atoms with Gasteiger partial charge in [0.1, 0.15) is 5.76 Å². The molecule has 1 amide bonds. The second-order valence-electron chi connectivity index (χ2n) is 6.63. The highest BCUT2D eigenvalue weighted by molar-refractivity contribution is 7.98. The molecule has 0 aliphatic carbocycles. The molecule has 0 aliphatic rings. The van der Waals surface area contributed by atoms with Crippen LogP contribution < -0.4 is 4.90 Å². The Hall–Kier alpha value is -2.57. The zero-order valence-electron chi connectivity index (χ0n) is 15.9. The van der Waals surface area contributed by atoms with E-state index in [1.54, 1.807) is 22.9 Å². The number of hydrogen-bond donors (Lipinski definition) is 0. The van der Waals surface area contributed by atoms with Crippen molar-refractivity contribution in [1.82, 2.24) is 4.98 Å². The molecule has 0 bridgehead atoms. The van der Waals surface area contributed by atoms with Gasteiger partial charge < -0.3 is 4.42 Å². The molecule has 0 aliphatic heterocycles. The summed E-state index contributed by atoms with van der Waals surface area (Å²) in [5.74, 6) is 0.641. The van der Waals surface area contributed by atoms with Gasteiger partial charge in [-0.05, 0) is 67.6 Å². The molecule has 0 saturated carbocycles. The monoisotopic (exact) mass is 408 g/mol. The predicted octanol–water partition coefficient (Wildman–Crippen LogP) is 6.08. The van der Waals surface area contributed by atoms with Crippen molar-refractivity contribution in [2.75, 3.05) is 11.2 Å². The van der Waals surface area contributed by atoms with Crippen LogP contribution in [0.25, 0.3) is 10.2 Å². The van der Waals surface area contributed by atoms with E-state index in [1.807, 2.05) is 42.7 Å². The minimum Gasteiger partial charge on any atom is -0.467 e. The van der Waals surface area contributed by atoms with E-state index < -0.39 is 0 Å². The molecule has 4 rings (SSSR count). The number of amides is 1. The van der Waals surface area contributed by atoms with Crippen molar-refractivity contribution in [2.24, 2.45) is 0 Å². The number of fused-ring (bicyclic) bond motifs is 1. The predicted molar refractivity (Wildman–Crippen MR) is 117 cm³/mol. The van der Waals surface area contributed by atoms with Crippen molar-refractivity contribution in [3.8, 4) is 0 Å². The molecule has 2 aromatic carbocycles. The van der Waals surface area contributed by atoms with Crippen LogP contribution in [0.1, 0.15) is 27.2 Å². The summed E-state index contributed by atoms with van der Waals surface area (Å²) in [4.78, 5) is 21.0. The average molecular weight is 409 g/mol. The number of aryl methyl sites for hydroxylation is 2. The fourth-order valence-corrected chi connectivity index (χ4v) is 4.77. The van der Waals surface area contributed by atoms with Gasteiger partial charge in [-0.3, -0.25) is 9.69 Å². The summed E-state index contributed by atoms with van der Waals surface area (Å²) in [5.41, 5.74) is 3.90. The Morgan fingerprint density at radius 1 is 1.18 bits per heavy atom. The van der Waals surface area contributed by atoms with Gasteiger partial charge in [0.15, 0.2) is 5.13 Å². The SMILES string of the molecule is CSc1cccc(C(=O)N(Cc2ccco2)c2nc3c(C)cc(C)cc3s2)c1. The number of carbonyl (C=O) groups excluding carboxylic acids is 1. The quantitative estimate of drug-likeness (QED) is 0.376. The van der Waals surface area contributed by atoms with Crippen LogP contribution in [0, 0.1) is 13.8 Å². The minimum atomic E-state index is -0.0827. The average Bonchev–Trinajstić information content (AvgIpc) is 3.35. The van der Waals surface area contributed by atoms with Gasteiger partial charge in [-0.2, -0.15) is 0 Å². The van der Waals surface area contributed by atoms with Gasteiger partial charge in [-0.15, -0.1) is 11.8 Å². The first-order valence-electron chi connectivity index (χ1n) is 8.91. The van der Waals surface area contributed by atoms with Gasteiger partial charge in [0.05, 0.1) is 23.0 Å². The maximum absolute atomic E-state index is 13.4. The van der Waals surface area contributed by atoms with E-state index in [-0.39, 0.29) is 5.91 Å². The molecule has 6 heteroatoms. The molecule has 142 valence electrons. The number of benzene rings is 2. The van der Waals surface area contributed by atoms with E-state index in [9.17, 15) is 4.79 Å². The molecule has 2 heterocycles. The molecule has 0 N–H and O–H groups in total. The van der Waals surface area contributed by atoms with Crippen LogP contribution in [0.5, 0.6) is 0 Å². The van der Waals surface area contributed by atoms with Gasteiger partial charge in [0.25, 0.3) is 5.91 Å². The summed E-state index contributed by atoms with van der Waals surface area (Å²) in [6.07, 6.45) is 3.63. The molecule has 0 atom stereocenters. The van der Waals surface area contributed by atoms with Crippen LogP contribution in [0.3, 0.4) is 0 Å². The molecule has 0 saturated heterocycles. The number of carbonyl (C=O) groups is 1. The molecular weight excluding hydrogens is 388 g/mol. The third-order valence-electron chi connectivity index (χ3n) is 4.51. The first-order chi connectivity index (χ1) is 13.5. The van der Waals surface area contributed by atoms with E-state index in [1.165, 1.54) is 16.9 Å². The number of rotatable bonds is 5. The Labute approximate surface area is 172 Å². The summed E-state index contributed by atoms with van der Waals surface area (Å²) >= 11 is 3.15. The Kier molecular flexibility index (Phi) is 5.24. The first kappa shape index (κ1) is 18.8. The molecular formula is C22H20N2O2S2. The maximum Gasteiger partial charge on any atom is 0.260 e. The second kappa shape index (κ2) is 7.81. The van der Waals surface area contributed by atoms with Gasteiger partial charge in [0.2, 0.25) is 0 Å². The number of aromatic nitrogens is 1. The van der Waals surface area contributed by atoms with Crippen LogP contribution in [0.2, 0.25) is 0 Å². The lowest BCUT2D eigenvalue weighted by atomic mass is 10.1. The summed E-state index contributed by atoms with van der Waals surface area (Å²) in [6.45, 7) is 4.47. The largest absolute Gasteiger partial charge is 0.467 e. The fourth-order valence-electron chi connectivity index (χ4n) is 3.17. The Morgan fingerprint density at radius 3 is 2.79 bits per heavy atom. The van der Waals surface area contributed by atoms with Crippen molar-refractivity contribution in [1.29, 1.82) is 0 Å². The topological polar surface area (TPSA) is 46.3 Å². The summed E-state index contributed by atoms with van der Waals surface area (Å²) in [7, 11) is 0. The Morgan fingerprint density at radius 2 is 2.04 bits per heavy atom. The summed E-state index contributed by atoms with van der Waals surface area (Å²) in [6, 6.07) is 15.6. The van der Waals surface area contributed by atoms with Gasteiger partial charge in [-0.1, -0.05) is 23.5 Å². The standard InChI is InChI=1S/C22H20N2O2S2/c1-14-10-15(2)20-19(11-14)28-22(23-20)24(13-17-7-5-9-26-17)21(25)16-6-4-8-18(12-16)27-3/h4-12H,13H2,1-3H3. The number of anilines is 1. The molecule has 0 fully saturated rings. The highest BCUT2D eigenvalue weighted by atomic mass is 32.2. The molecule has 28 heavy (non-hydrogen) atoms. The molecule has 4 aromatic rings. The highest BCUT2D eigenvalue weighted by Crippen LogP contribution is 2.33. The zero-order chi connectivity index (χ0) is 19.7. The fraction of sp³-hybridized carbons (Fsp3) is 0.182. The van der Waals surface area contributed by atoms with Crippen LogP contribution in [-0.4, -0.2) is 17.1 Å². The summed E-state index contributed by atoms with van der Waals surface area (Å²) in [5, 5.41) is 0.680. The van der Waals surface area contributed by atoms with E-state index in [4.69, 9.17) is 9.40 Å². The smallest absolute Gasteiger partial charge is 0.260 e. The summed E-state index contributed by atoms with van der Waals surface area (Å²) < 4.78 is 6.60. The van der Waals surface area contributed by atoms with E-state index in [0.717, 1.165) is 26.4 Å². The lowest BCUT2D eigenvalue weighted by Gasteiger charge is -2.19. The molecule has 0 radical (unpaired) electrons. The molecule has 4 nitrogen and oxygen atoms in total. The first-order valence-corrected chi connectivity index (χ1v) is 11.0. The van der Waals surface area contributed by atoms with Crippen LogP contribution in [0.4, 0.5) is 5.13 Å². The lowest BCUT2D eigenvalue weighted by Crippen LogP contribution is -2.30. The number of hydrogen-bond acceptors (Lipinski definition) is 5. The van der Waals surface area contributed by atoms with Crippen molar-refractivity contribution in [3.63, 3.8) is 0 Å². The maximum atomic E-state index is 13.4. The van der Waals surface area contributed by atoms with Crippen molar-refractivity contribution in [3.05, 3.63) is 77.2 Å². The van der Waals surface area contributed by atoms with Crippen molar-refractivity contribution >= 4 is 44.4 Å². The number of furan rings is 1. The highest BCUT2D eigenvalue weighted by Gasteiger charge is 2.23. The Bertz CT molecular complexity index is 1130. The Balaban J connectivity index is 1.79. The van der Waals surface area contributed by atoms with Crippen molar-refractivity contribution in [2.45, 2.75) is 25.3 Å². The van der Waals surface area contributed by atoms with Crippen LogP contribution in [-0.2, 0) is 6.54 Å². The third kappa shape index (κ3) is 3.70. The zero-order valence-corrected chi connectivity index (χ0v) is 17.6. The van der Waals surface area contributed by atoms with Gasteiger partial charge in [-0.25, -0.2) is 4.98 Å². The van der Waals surface area contributed by atoms with E-state index in [0.29, 0.717) is 17.2 Å². The molecule has 2 aromatic heterocycles. The van der Waals surface area contributed by atoms with Gasteiger partial charge >= 0.3 is 0 Å². The number of thioether (sulfide) groups is 1. The van der Waals surface area contributed by atoms with Crippen LogP contribution >= 0.6 is 23.1 Å². The normalized spacial score (nSPS) is 11.1. The van der Waals surface area contributed by atoms with E-state index in [2.05, 4.69) is 26.0 Å². The van der Waals surface area contributed by atoms with Crippen molar-refractivity contribution < 1.29 is 9.21 Å². The van der Waals surface area contributed by atoms with Crippen LogP contribution in [0.15, 0.2) is 64.1 Å². The molecule has 0 spiro atoms. The number of thiazole rings is 1. The number of nitrogens with zero attached hydrogens (tertiary/aromatic N) is 2. The lowest BCUT2D eigenvalue weighted by molar-refractivity contribution is 0.0983. The third-order valence-corrected chi connectivity index (χ3v) is 6.26. The second-order valence-corrected chi connectivity index (χ2v) is 8.52. The van der Waals surface area contributed by atoms with E-state index >= 15 is 0 Å². The van der Waals surface area contributed by atoms with Gasteiger partial charge in [0, 0.05) is 10.5 Å². The molecule has 0 unspecified atom stereocenters. The minimum absolute atomic E-state index is 0.0827.